The van der Waals surface area contributed by atoms with Crippen molar-refractivity contribution in [2.75, 3.05) is 5.32 Å². The Morgan fingerprint density at radius 3 is 2.17 bits per heavy atom. The molecule has 5 rings (SSSR count). The molecule has 0 saturated heterocycles. The fourth-order valence-electron chi connectivity index (χ4n) is 4.88. The number of amides is 1. The van der Waals surface area contributed by atoms with E-state index in [0.29, 0.717) is 11.8 Å². The topological polar surface area (TPSA) is 66.4 Å². The van der Waals surface area contributed by atoms with Crippen molar-refractivity contribution in [2.24, 2.45) is 35.5 Å². The van der Waals surface area contributed by atoms with Crippen LogP contribution < -0.4 is 5.32 Å². The number of aliphatic carboxylic acids is 1. The molecule has 5 heteroatoms. The molecule has 6 atom stereocenters. The molecule has 0 unspecified atom stereocenters. The molecule has 126 valence electrons. The first-order chi connectivity index (χ1) is 11.4. The van der Waals surface area contributed by atoms with Gasteiger partial charge in [-0.25, -0.2) is 0 Å². The number of hydrogen-bond acceptors (Lipinski definition) is 2. The largest absolute Gasteiger partial charge is 0.481 e. The Bertz CT molecular complexity index is 749. The first-order valence-corrected chi connectivity index (χ1v) is 9.16. The van der Waals surface area contributed by atoms with E-state index in [-0.39, 0.29) is 17.7 Å². The molecule has 0 radical (unpaired) electrons. The molecule has 2 fully saturated rings. The standard InChI is InChI=1S/C19H20BrNO3/c1-8-5-10(20)6-9(2)17(8)21-18(22)15-11-3-4-12(14-7-13(11)14)16(15)19(23)24/h3-6,11-16H,7H2,1-2H3,(H,21,22)(H,23,24)/t11-,12-,13+,14-,15+,16+/m0/s1. The highest BCUT2D eigenvalue weighted by molar-refractivity contribution is 9.10. The van der Waals surface area contributed by atoms with Crippen LogP contribution in [0, 0.1) is 49.4 Å². The third kappa shape index (κ3) is 2.32. The van der Waals surface area contributed by atoms with Crippen LogP contribution in [-0.4, -0.2) is 17.0 Å². The van der Waals surface area contributed by atoms with Crippen LogP contribution in [0.4, 0.5) is 5.69 Å². The molecule has 0 spiro atoms. The van der Waals surface area contributed by atoms with Gasteiger partial charge in [-0.15, -0.1) is 0 Å². The number of carbonyl (C=O) groups is 2. The van der Waals surface area contributed by atoms with Crippen molar-refractivity contribution in [3.05, 3.63) is 39.9 Å². The summed E-state index contributed by atoms with van der Waals surface area (Å²) in [7, 11) is 0. The van der Waals surface area contributed by atoms with Gasteiger partial charge in [-0.3, -0.25) is 9.59 Å². The van der Waals surface area contributed by atoms with Gasteiger partial charge in [0.2, 0.25) is 5.91 Å². The first kappa shape index (κ1) is 15.9. The molecule has 4 nitrogen and oxygen atoms in total. The molecule has 4 aliphatic carbocycles. The summed E-state index contributed by atoms with van der Waals surface area (Å²) in [5, 5.41) is 12.7. The second-order valence-corrected chi connectivity index (χ2v) is 8.31. The fourth-order valence-corrected chi connectivity index (χ4v) is 5.57. The number of fused-ring (bicyclic) bond motifs is 1. The Morgan fingerprint density at radius 1 is 1.08 bits per heavy atom. The van der Waals surface area contributed by atoms with Crippen molar-refractivity contribution in [3.63, 3.8) is 0 Å². The zero-order chi connectivity index (χ0) is 17.2. The van der Waals surface area contributed by atoms with Gasteiger partial charge in [-0.05, 0) is 67.2 Å². The predicted molar refractivity (Wildman–Crippen MR) is 94.6 cm³/mol. The van der Waals surface area contributed by atoms with Gasteiger partial charge in [0.25, 0.3) is 0 Å². The number of allylic oxidation sites excluding steroid dienone is 2. The molecule has 2 N–H and O–H groups in total. The van der Waals surface area contributed by atoms with Gasteiger partial charge >= 0.3 is 5.97 Å². The molecular weight excluding hydrogens is 370 g/mol. The molecule has 1 amide bonds. The molecule has 1 aromatic rings. The number of nitrogens with one attached hydrogen (secondary N) is 1. The second kappa shape index (κ2) is 5.45. The lowest BCUT2D eigenvalue weighted by Crippen LogP contribution is -2.48. The van der Waals surface area contributed by atoms with Crippen molar-refractivity contribution in [3.8, 4) is 0 Å². The van der Waals surface area contributed by atoms with E-state index in [9.17, 15) is 14.7 Å². The van der Waals surface area contributed by atoms with E-state index < -0.39 is 17.8 Å². The van der Waals surface area contributed by atoms with Gasteiger partial charge in [0.1, 0.15) is 0 Å². The third-order valence-corrected chi connectivity index (χ3v) is 6.44. The maximum Gasteiger partial charge on any atom is 0.307 e. The minimum Gasteiger partial charge on any atom is -0.481 e. The van der Waals surface area contributed by atoms with Crippen molar-refractivity contribution in [2.45, 2.75) is 20.3 Å². The molecule has 24 heavy (non-hydrogen) atoms. The van der Waals surface area contributed by atoms with E-state index in [2.05, 4.69) is 27.3 Å². The molecule has 2 saturated carbocycles. The van der Waals surface area contributed by atoms with Crippen molar-refractivity contribution < 1.29 is 14.7 Å². The zero-order valence-corrected chi connectivity index (χ0v) is 15.2. The monoisotopic (exact) mass is 389 g/mol. The Kier molecular flexibility index (Phi) is 3.60. The van der Waals surface area contributed by atoms with Crippen molar-refractivity contribution in [1.82, 2.24) is 0 Å². The summed E-state index contributed by atoms with van der Waals surface area (Å²) < 4.78 is 0.972. The van der Waals surface area contributed by atoms with E-state index in [1.165, 1.54) is 0 Å². The average molecular weight is 390 g/mol. The van der Waals surface area contributed by atoms with Gasteiger partial charge in [0, 0.05) is 10.2 Å². The number of carbonyl (C=O) groups excluding carboxylic acids is 1. The number of benzene rings is 1. The predicted octanol–water partition coefficient (Wildman–Crippen LogP) is 3.77. The van der Waals surface area contributed by atoms with Gasteiger partial charge in [-0.1, -0.05) is 28.1 Å². The van der Waals surface area contributed by atoms with Crippen LogP contribution in [0.15, 0.2) is 28.8 Å². The lowest BCUT2D eigenvalue weighted by molar-refractivity contribution is -0.152. The van der Waals surface area contributed by atoms with Crippen LogP contribution in [0.25, 0.3) is 0 Å². The quantitative estimate of drug-likeness (QED) is 0.773. The average Bonchev–Trinajstić information content (AvgIpc) is 3.31. The number of aryl methyl sites for hydroxylation is 2. The minimum atomic E-state index is -0.843. The van der Waals surface area contributed by atoms with Crippen LogP contribution in [0.5, 0.6) is 0 Å². The van der Waals surface area contributed by atoms with Crippen molar-refractivity contribution >= 4 is 33.5 Å². The van der Waals surface area contributed by atoms with E-state index in [1.807, 2.05) is 32.1 Å². The lowest BCUT2D eigenvalue weighted by atomic mass is 9.62. The van der Waals surface area contributed by atoms with Crippen molar-refractivity contribution in [1.29, 1.82) is 0 Å². The number of anilines is 1. The van der Waals surface area contributed by atoms with Crippen LogP contribution in [-0.2, 0) is 9.59 Å². The SMILES string of the molecule is Cc1cc(Br)cc(C)c1NC(=O)[C@@H]1[C@H]2C=C[C@@H]([C@@H]3C[C@H]23)[C@H]1C(=O)O. The van der Waals surface area contributed by atoms with Crippen LogP contribution >= 0.6 is 15.9 Å². The van der Waals surface area contributed by atoms with Crippen LogP contribution in [0.3, 0.4) is 0 Å². The Labute approximate surface area is 149 Å². The first-order valence-electron chi connectivity index (χ1n) is 8.37. The number of halogens is 1. The van der Waals surface area contributed by atoms with Crippen LogP contribution in [0.1, 0.15) is 17.5 Å². The van der Waals surface area contributed by atoms with Gasteiger partial charge in [-0.2, -0.15) is 0 Å². The van der Waals surface area contributed by atoms with Gasteiger partial charge < -0.3 is 10.4 Å². The fraction of sp³-hybridized carbons (Fsp3) is 0.474. The summed E-state index contributed by atoms with van der Waals surface area (Å²) in [6.45, 7) is 3.90. The molecule has 4 aliphatic rings. The summed E-state index contributed by atoms with van der Waals surface area (Å²) in [5.41, 5.74) is 2.75. The summed E-state index contributed by atoms with van der Waals surface area (Å²) in [6, 6.07) is 3.92. The molecule has 2 bridgehead atoms. The molecule has 0 heterocycles. The molecular formula is C19H20BrNO3. The van der Waals surface area contributed by atoms with E-state index in [0.717, 1.165) is 27.7 Å². The van der Waals surface area contributed by atoms with E-state index >= 15 is 0 Å². The normalized spacial score (nSPS) is 35.5. The Balaban J connectivity index is 1.65. The summed E-state index contributed by atoms with van der Waals surface area (Å²) >= 11 is 3.46. The summed E-state index contributed by atoms with van der Waals surface area (Å²) in [5.74, 6) is -1.01. The highest BCUT2D eigenvalue weighted by atomic mass is 79.9. The number of hydrogen-bond donors (Lipinski definition) is 2. The molecule has 1 aromatic carbocycles. The third-order valence-electron chi connectivity index (χ3n) is 5.99. The highest BCUT2D eigenvalue weighted by Gasteiger charge is 2.63. The van der Waals surface area contributed by atoms with E-state index in [1.54, 1.807) is 0 Å². The zero-order valence-electron chi connectivity index (χ0n) is 13.6. The van der Waals surface area contributed by atoms with E-state index in [4.69, 9.17) is 0 Å². The summed E-state index contributed by atoms with van der Waals surface area (Å²) in [6.07, 6.45) is 5.19. The lowest BCUT2D eigenvalue weighted by Gasteiger charge is -2.41. The maximum atomic E-state index is 13.0. The highest BCUT2D eigenvalue weighted by Crippen LogP contribution is 2.63. The number of carboxylic acids is 1. The maximum absolute atomic E-state index is 13.0. The molecule has 0 aliphatic heterocycles. The smallest absolute Gasteiger partial charge is 0.307 e. The van der Waals surface area contributed by atoms with Gasteiger partial charge in [0.15, 0.2) is 0 Å². The second-order valence-electron chi connectivity index (χ2n) is 7.40. The Hall–Kier alpha value is -1.62. The summed E-state index contributed by atoms with van der Waals surface area (Å²) in [4.78, 5) is 24.8. The Morgan fingerprint density at radius 2 is 1.62 bits per heavy atom. The minimum absolute atomic E-state index is 0.0142. The number of carboxylic acid groups (broad SMARTS) is 1. The van der Waals surface area contributed by atoms with Crippen LogP contribution in [0.2, 0.25) is 0 Å². The van der Waals surface area contributed by atoms with Gasteiger partial charge in [0.05, 0.1) is 11.8 Å². The molecule has 0 aromatic heterocycles. The number of rotatable bonds is 3.